The Morgan fingerprint density at radius 2 is 2.12 bits per heavy atom. The van der Waals surface area contributed by atoms with Crippen molar-refractivity contribution in [3.05, 3.63) is 24.3 Å². The number of aliphatic imine (C=N–C) groups is 1. The second kappa shape index (κ2) is 3.53. The maximum atomic E-state index is 8.88. The van der Waals surface area contributed by atoms with E-state index in [1.54, 1.807) is 0 Å². The van der Waals surface area contributed by atoms with Gasteiger partial charge >= 0.3 is 0 Å². The monoisotopic (exact) mass is 212 g/mol. The highest BCUT2D eigenvalue weighted by atomic mass is 15.4. The van der Waals surface area contributed by atoms with Gasteiger partial charge in [0, 0.05) is 13.1 Å². The predicted octanol–water partition coefficient (Wildman–Crippen LogP) is 1.60. The molecule has 16 heavy (non-hydrogen) atoms. The summed E-state index contributed by atoms with van der Waals surface area (Å²) < 4.78 is 0. The number of anilines is 2. The van der Waals surface area contributed by atoms with Gasteiger partial charge in [-0.05, 0) is 18.6 Å². The van der Waals surface area contributed by atoms with E-state index in [4.69, 9.17) is 5.26 Å². The van der Waals surface area contributed by atoms with E-state index in [0.29, 0.717) is 6.54 Å². The number of nitriles is 1. The summed E-state index contributed by atoms with van der Waals surface area (Å²) in [6.07, 6.45) is 1.08. The van der Waals surface area contributed by atoms with Crippen LogP contribution in [0.15, 0.2) is 29.3 Å². The normalized spacial score (nSPS) is 17.6. The quantitative estimate of drug-likeness (QED) is 0.664. The number of hydrogen-bond donors (Lipinski definition) is 0. The van der Waals surface area contributed by atoms with Crippen molar-refractivity contribution in [2.75, 3.05) is 29.4 Å². The maximum Gasteiger partial charge on any atom is 0.206 e. The molecule has 80 valence electrons. The highest BCUT2D eigenvalue weighted by Crippen LogP contribution is 2.37. The summed E-state index contributed by atoms with van der Waals surface area (Å²) in [7, 11) is 0. The van der Waals surface area contributed by atoms with Gasteiger partial charge in [0.25, 0.3) is 0 Å². The highest BCUT2D eigenvalue weighted by Gasteiger charge is 2.33. The fourth-order valence-electron chi connectivity index (χ4n) is 2.31. The third kappa shape index (κ3) is 1.18. The molecule has 4 nitrogen and oxygen atoms in total. The zero-order valence-electron chi connectivity index (χ0n) is 8.93. The second-order valence-electron chi connectivity index (χ2n) is 3.92. The Kier molecular flexibility index (Phi) is 2.03. The Morgan fingerprint density at radius 1 is 1.31 bits per heavy atom. The number of para-hydroxylation sites is 2. The van der Waals surface area contributed by atoms with Gasteiger partial charge < -0.3 is 4.90 Å². The highest BCUT2D eigenvalue weighted by molar-refractivity contribution is 6.16. The largest absolute Gasteiger partial charge is 0.310 e. The van der Waals surface area contributed by atoms with Crippen molar-refractivity contribution in [1.29, 1.82) is 5.26 Å². The van der Waals surface area contributed by atoms with Crippen molar-refractivity contribution in [2.45, 2.75) is 6.42 Å². The van der Waals surface area contributed by atoms with E-state index in [1.165, 1.54) is 5.69 Å². The molecule has 0 saturated heterocycles. The smallest absolute Gasteiger partial charge is 0.206 e. The van der Waals surface area contributed by atoms with Gasteiger partial charge in [-0.2, -0.15) is 5.26 Å². The molecule has 1 aromatic carbocycles. The SMILES string of the molecule is N#CCN1C2=NCCCN2c2ccccc21. The minimum atomic E-state index is 0.367. The molecule has 3 rings (SSSR count). The third-order valence-corrected chi connectivity index (χ3v) is 2.97. The van der Waals surface area contributed by atoms with Crippen molar-refractivity contribution in [2.24, 2.45) is 4.99 Å². The van der Waals surface area contributed by atoms with Crippen molar-refractivity contribution in [3.8, 4) is 6.07 Å². The molecule has 1 aromatic rings. The Bertz CT molecular complexity index is 486. The van der Waals surface area contributed by atoms with Crippen LogP contribution in [0.25, 0.3) is 0 Å². The number of benzene rings is 1. The molecule has 0 aliphatic carbocycles. The summed E-state index contributed by atoms with van der Waals surface area (Å²) in [5.74, 6) is 0.939. The first kappa shape index (κ1) is 9.22. The molecule has 4 heteroatoms. The van der Waals surface area contributed by atoms with Crippen molar-refractivity contribution < 1.29 is 0 Å². The van der Waals surface area contributed by atoms with E-state index in [1.807, 2.05) is 23.1 Å². The fourth-order valence-corrected chi connectivity index (χ4v) is 2.31. The van der Waals surface area contributed by atoms with E-state index in [2.05, 4.69) is 22.0 Å². The summed E-state index contributed by atoms with van der Waals surface area (Å²) in [6, 6.07) is 10.4. The van der Waals surface area contributed by atoms with Gasteiger partial charge in [-0.1, -0.05) is 12.1 Å². The number of fused-ring (bicyclic) bond motifs is 3. The summed E-state index contributed by atoms with van der Waals surface area (Å²) >= 11 is 0. The maximum absolute atomic E-state index is 8.88. The number of hydrogen-bond acceptors (Lipinski definition) is 4. The molecule has 0 fully saturated rings. The van der Waals surface area contributed by atoms with Crippen LogP contribution in [0.5, 0.6) is 0 Å². The van der Waals surface area contributed by atoms with Gasteiger partial charge in [-0.3, -0.25) is 9.89 Å². The minimum absolute atomic E-state index is 0.367. The average Bonchev–Trinajstić information content (AvgIpc) is 2.66. The molecule has 0 bridgehead atoms. The molecule has 2 aliphatic heterocycles. The molecule has 0 radical (unpaired) electrons. The summed E-state index contributed by atoms with van der Waals surface area (Å²) in [5.41, 5.74) is 2.28. The Hall–Kier alpha value is -2.02. The third-order valence-electron chi connectivity index (χ3n) is 2.97. The van der Waals surface area contributed by atoms with Gasteiger partial charge in [-0.15, -0.1) is 0 Å². The number of nitrogens with zero attached hydrogens (tertiary/aromatic N) is 4. The lowest BCUT2D eigenvalue weighted by Gasteiger charge is -2.25. The molecule has 0 aromatic heterocycles. The zero-order valence-corrected chi connectivity index (χ0v) is 8.93. The molecule has 2 heterocycles. The molecule has 2 aliphatic rings. The van der Waals surface area contributed by atoms with Crippen LogP contribution in [0.3, 0.4) is 0 Å². The Morgan fingerprint density at radius 3 is 2.94 bits per heavy atom. The van der Waals surface area contributed by atoms with Gasteiger partial charge in [0.2, 0.25) is 5.96 Å². The molecule has 0 unspecified atom stereocenters. The van der Waals surface area contributed by atoms with E-state index in [0.717, 1.165) is 31.2 Å². The van der Waals surface area contributed by atoms with Crippen LogP contribution < -0.4 is 9.80 Å². The van der Waals surface area contributed by atoms with E-state index >= 15 is 0 Å². The first-order valence-electron chi connectivity index (χ1n) is 5.47. The summed E-state index contributed by atoms with van der Waals surface area (Å²) in [5, 5.41) is 8.88. The summed E-state index contributed by atoms with van der Waals surface area (Å²) in [4.78, 5) is 8.72. The first-order chi connectivity index (χ1) is 7.92. The molecule has 0 N–H and O–H groups in total. The molecule has 0 spiro atoms. The Labute approximate surface area is 94.4 Å². The van der Waals surface area contributed by atoms with E-state index in [-0.39, 0.29) is 0 Å². The topological polar surface area (TPSA) is 42.6 Å². The van der Waals surface area contributed by atoms with E-state index < -0.39 is 0 Å². The van der Waals surface area contributed by atoms with Crippen LogP contribution in [-0.2, 0) is 0 Å². The van der Waals surface area contributed by atoms with Crippen LogP contribution in [0.1, 0.15) is 6.42 Å². The molecule has 0 amide bonds. The van der Waals surface area contributed by atoms with Crippen LogP contribution >= 0.6 is 0 Å². The van der Waals surface area contributed by atoms with Gasteiger partial charge in [0.1, 0.15) is 6.54 Å². The van der Waals surface area contributed by atoms with Gasteiger partial charge in [0.15, 0.2) is 0 Å². The van der Waals surface area contributed by atoms with Crippen molar-refractivity contribution in [1.82, 2.24) is 0 Å². The second-order valence-corrected chi connectivity index (χ2v) is 3.92. The number of rotatable bonds is 1. The average molecular weight is 212 g/mol. The lowest BCUT2D eigenvalue weighted by Crippen LogP contribution is -2.42. The van der Waals surface area contributed by atoms with Crippen LogP contribution in [0, 0.1) is 11.3 Å². The Balaban J connectivity index is 2.12. The first-order valence-corrected chi connectivity index (χ1v) is 5.47. The fraction of sp³-hybridized carbons (Fsp3) is 0.333. The molecule has 0 saturated carbocycles. The number of guanidine groups is 1. The standard InChI is InChI=1S/C12H12N4/c13-6-9-16-11-5-2-1-4-10(11)15-8-3-7-14-12(15)16/h1-2,4-5H,3,7-9H2. The van der Waals surface area contributed by atoms with Crippen molar-refractivity contribution >= 4 is 17.3 Å². The molecular weight excluding hydrogens is 200 g/mol. The van der Waals surface area contributed by atoms with Gasteiger partial charge in [0.05, 0.1) is 17.4 Å². The summed E-state index contributed by atoms with van der Waals surface area (Å²) in [6.45, 7) is 2.23. The van der Waals surface area contributed by atoms with Crippen LogP contribution in [0.4, 0.5) is 11.4 Å². The van der Waals surface area contributed by atoms with Gasteiger partial charge in [-0.25, -0.2) is 0 Å². The van der Waals surface area contributed by atoms with E-state index in [9.17, 15) is 0 Å². The minimum Gasteiger partial charge on any atom is -0.310 e. The molecule has 0 atom stereocenters. The lowest BCUT2D eigenvalue weighted by atomic mass is 10.2. The van der Waals surface area contributed by atoms with Crippen LogP contribution in [0.2, 0.25) is 0 Å². The zero-order chi connectivity index (χ0) is 11.0. The lowest BCUT2D eigenvalue weighted by molar-refractivity contribution is 0.789. The van der Waals surface area contributed by atoms with Crippen molar-refractivity contribution in [3.63, 3.8) is 0 Å². The van der Waals surface area contributed by atoms with Crippen LogP contribution in [-0.4, -0.2) is 25.6 Å². The molecular formula is C12H12N4. The predicted molar refractivity (Wildman–Crippen MR) is 63.7 cm³/mol.